The van der Waals surface area contributed by atoms with Crippen LogP contribution in [0.2, 0.25) is 0 Å². The van der Waals surface area contributed by atoms with Crippen LogP contribution in [0.1, 0.15) is 48.5 Å². The first-order valence-corrected chi connectivity index (χ1v) is 7.49. The molecule has 1 aromatic carbocycles. The summed E-state index contributed by atoms with van der Waals surface area (Å²) in [5.74, 6) is 0.175. The molecule has 0 N–H and O–H groups in total. The molecular formula is C15H20BrNO. The zero-order valence-electron chi connectivity index (χ0n) is 11.1. The Morgan fingerprint density at radius 1 is 1.33 bits per heavy atom. The van der Waals surface area contributed by atoms with E-state index in [0.29, 0.717) is 6.04 Å². The van der Waals surface area contributed by atoms with Crippen LogP contribution in [0.15, 0.2) is 22.7 Å². The molecule has 0 aromatic heterocycles. The molecular weight excluding hydrogens is 290 g/mol. The second kappa shape index (κ2) is 5.87. The van der Waals surface area contributed by atoms with Crippen LogP contribution >= 0.6 is 15.9 Å². The third-order valence-corrected chi connectivity index (χ3v) is 4.11. The van der Waals surface area contributed by atoms with Crippen molar-refractivity contribution in [2.75, 3.05) is 6.54 Å². The van der Waals surface area contributed by atoms with Crippen molar-refractivity contribution in [3.63, 3.8) is 0 Å². The largest absolute Gasteiger partial charge is 0.336 e. The molecule has 0 bridgehead atoms. The van der Waals surface area contributed by atoms with E-state index in [1.165, 1.54) is 12.8 Å². The number of aryl methyl sites for hydroxylation is 1. The lowest BCUT2D eigenvalue weighted by Crippen LogP contribution is -2.38. The van der Waals surface area contributed by atoms with E-state index in [0.717, 1.165) is 35.0 Å². The first-order valence-electron chi connectivity index (χ1n) is 6.70. The van der Waals surface area contributed by atoms with Crippen LogP contribution < -0.4 is 0 Å². The third-order valence-electron chi connectivity index (χ3n) is 3.66. The SMILES string of the molecule is CCN(C(=O)c1cc(C)cc(Br)c1)C1CCCC1. The summed E-state index contributed by atoms with van der Waals surface area (Å²) >= 11 is 3.47. The molecule has 98 valence electrons. The van der Waals surface area contributed by atoms with Gasteiger partial charge in [0.2, 0.25) is 0 Å². The Morgan fingerprint density at radius 3 is 2.56 bits per heavy atom. The highest BCUT2D eigenvalue weighted by atomic mass is 79.9. The summed E-state index contributed by atoms with van der Waals surface area (Å²) in [6.45, 7) is 4.89. The smallest absolute Gasteiger partial charge is 0.254 e. The number of halogens is 1. The lowest BCUT2D eigenvalue weighted by molar-refractivity contribution is 0.0693. The number of carbonyl (C=O) groups is 1. The van der Waals surface area contributed by atoms with Crippen molar-refractivity contribution in [1.29, 1.82) is 0 Å². The van der Waals surface area contributed by atoms with E-state index in [1.54, 1.807) is 0 Å². The van der Waals surface area contributed by atoms with Gasteiger partial charge >= 0.3 is 0 Å². The monoisotopic (exact) mass is 309 g/mol. The van der Waals surface area contributed by atoms with Gasteiger partial charge in [-0.1, -0.05) is 28.8 Å². The minimum Gasteiger partial charge on any atom is -0.336 e. The Kier molecular flexibility index (Phi) is 4.44. The summed E-state index contributed by atoms with van der Waals surface area (Å²) in [7, 11) is 0. The van der Waals surface area contributed by atoms with E-state index in [9.17, 15) is 4.79 Å². The predicted octanol–water partition coefficient (Wildman–Crippen LogP) is 4.16. The minimum atomic E-state index is 0.175. The summed E-state index contributed by atoms with van der Waals surface area (Å²) in [5.41, 5.74) is 1.92. The topological polar surface area (TPSA) is 20.3 Å². The van der Waals surface area contributed by atoms with Gasteiger partial charge in [-0.15, -0.1) is 0 Å². The van der Waals surface area contributed by atoms with Crippen molar-refractivity contribution in [1.82, 2.24) is 4.90 Å². The zero-order valence-corrected chi connectivity index (χ0v) is 12.7. The van der Waals surface area contributed by atoms with Gasteiger partial charge < -0.3 is 4.90 Å². The van der Waals surface area contributed by atoms with Crippen molar-refractivity contribution in [2.24, 2.45) is 0 Å². The van der Waals surface area contributed by atoms with E-state index in [1.807, 2.05) is 30.0 Å². The van der Waals surface area contributed by atoms with E-state index >= 15 is 0 Å². The van der Waals surface area contributed by atoms with E-state index in [-0.39, 0.29) is 5.91 Å². The summed E-state index contributed by atoms with van der Waals surface area (Å²) in [6.07, 6.45) is 4.83. The van der Waals surface area contributed by atoms with E-state index < -0.39 is 0 Å². The van der Waals surface area contributed by atoms with Gasteiger partial charge in [-0.05, 0) is 50.5 Å². The van der Waals surface area contributed by atoms with E-state index in [2.05, 4.69) is 22.9 Å². The lowest BCUT2D eigenvalue weighted by atomic mass is 10.1. The molecule has 0 aliphatic heterocycles. The van der Waals surface area contributed by atoms with Crippen LogP contribution in [-0.4, -0.2) is 23.4 Å². The molecule has 0 radical (unpaired) electrons. The molecule has 2 rings (SSSR count). The first-order chi connectivity index (χ1) is 8.61. The Balaban J connectivity index is 2.22. The van der Waals surface area contributed by atoms with Gasteiger partial charge in [-0.2, -0.15) is 0 Å². The molecule has 2 nitrogen and oxygen atoms in total. The van der Waals surface area contributed by atoms with Gasteiger partial charge in [0.15, 0.2) is 0 Å². The van der Waals surface area contributed by atoms with Crippen molar-refractivity contribution in [2.45, 2.75) is 45.6 Å². The van der Waals surface area contributed by atoms with Crippen molar-refractivity contribution < 1.29 is 4.79 Å². The van der Waals surface area contributed by atoms with Gasteiger partial charge in [0.25, 0.3) is 5.91 Å². The molecule has 0 heterocycles. The molecule has 18 heavy (non-hydrogen) atoms. The normalized spacial score (nSPS) is 15.9. The Morgan fingerprint density at radius 2 is 2.00 bits per heavy atom. The van der Waals surface area contributed by atoms with Gasteiger partial charge in [0, 0.05) is 22.6 Å². The van der Waals surface area contributed by atoms with Gasteiger partial charge in [-0.25, -0.2) is 0 Å². The molecule has 0 saturated heterocycles. The molecule has 0 unspecified atom stereocenters. The van der Waals surface area contributed by atoms with Crippen LogP contribution in [0, 0.1) is 6.92 Å². The summed E-state index contributed by atoms with van der Waals surface area (Å²) in [4.78, 5) is 14.6. The molecule has 1 aliphatic carbocycles. The van der Waals surface area contributed by atoms with Crippen LogP contribution in [0.5, 0.6) is 0 Å². The van der Waals surface area contributed by atoms with Crippen LogP contribution in [0.25, 0.3) is 0 Å². The minimum absolute atomic E-state index is 0.175. The maximum Gasteiger partial charge on any atom is 0.254 e. The van der Waals surface area contributed by atoms with Crippen LogP contribution in [0.3, 0.4) is 0 Å². The highest BCUT2D eigenvalue weighted by Gasteiger charge is 2.26. The molecule has 1 aliphatic rings. The number of hydrogen-bond donors (Lipinski definition) is 0. The van der Waals surface area contributed by atoms with Gasteiger partial charge in [0.05, 0.1) is 0 Å². The maximum absolute atomic E-state index is 12.6. The molecule has 0 atom stereocenters. The predicted molar refractivity (Wildman–Crippen MR) is 77.8 cm³/mol. The average Bonchev–Trinajstić information content (AvgIpc) is 2.82. The standard InChI is InChI=1S/C15H20BrNO/c1-3-17(14-6-4-5-7-14)15(18)12-8-11(2)9-13(16)10-12/h8-10,14H,3-7H2,1-2H3. The summed E-state index contributed by atoms with van der Waals surface area (Å²) in [5, 5.41) is 0. The summed E-state index contributed by atoms with van der Waals surface area (Å²) in [6, 6.07) is 6.38. The average molecular weight is 310 g/mol. The zero-order chi connectivity index (χ0) is 13.1. The molecule has 1 saturated carbocycles. The lowest BCUT2D eigenvalue weighted by Gasteiger charge is -2.28. The molecule has 0 spiro atoms. The molecule has 3 heteroatoms. The van der Waals surface area contributed by atoms with Crippen LogP contribution in [-0.2, 0) is 0 Å². The number of rotatable bonds is 3. The fourth-order valence-electron chi connectivity index (χ4n) is 2.81. The Labute approximate surface area is 117 Å². The summed E-state index contributed by atoms with van der Waals surface area (Å²) < 4.78 is 0.980. The molecule has 1 aromatic rings. The van der Waals surface area contributed by atoms with Crippen molar-refractivity contribution >= 4 is 21.8 Å². The van der Waals surface area contributed by atoms with Gasteiger partial charge in [-0.3, -0.25) is 4.79 Å². The highest BCUT2D eigenvalue weighted by Crippen LogP contribution is 2.25. The maximum atomic E-state index is 12.6. The number of hydrogen-bond acceptors (Lipinski definition) is 1. The molecule has 1 fully saturated rings. The molecule has 1 amide bonds. The number of amides is 1. The quantitative estimate of drug-likeness (QED) is 0.821. The first kappa shape index (κ1) is 13.6. The fraction of sp³-hybridized carbons (Fsp3) is 0.533. The fourth-order valence-corrected chi connectivity index (χ4v) is 3.42. The number of benzene rings is 1. The van der Waals surface area contributed by atoms with Crippen molar-refractivity contribution in [3.05, 3.63) is 33.8 Å². The van der Waals surface area contributed by atoms with E-state index in [4.69, 9.17) is 0 Å². The third kappa shape index (κ3) is 2.94. The second-order valence-electron chi connectivity index (χ2n) is 5.05. The second-order valence-corrected chi connectivity index (χ2v) is 5.96. The number of nitrogens with zero attached hydrogens (tertiary/aromatic N) is 1. The van der Waals surface area contributed by atoms with Crippen molar-refractivity contribution in [3.8, 4) is 0 Å². The highest BCUT2D eigenvalue weighted by molar-refractivity contribution is 9.10. The Hall–Kier alpha value is -0.830. The van der Waals surface area contributed by atoms with Crippen LogP contribution in [0.4, 0.5) is 0 Å². The Bertz CT molecular complexity index is 418. The number of carbonyl (C=O) groups excluding carboxylic acids is 1. The van der Waals surface area contributed by atoms with Gasteiger partial charge in [0.1, 0.15) is 0 Å².